The van der Waals surface area contributed by atoms with E-state index in [1.165, 1.54) is 22.8 Å². The third-order valence-corrected chi connectivity index (χ3v) is 6.47. The van der Waals surface area contributed by atoms with Crippen molar-refractivity contribution in [1.82, 2.24) is 19.6 Å². The van der Waals surface area contributed by atoms with Crippen LogP contribution in [0.25, 0.3) is 0 Å². The van der Waals surface area contributed by atoms with Gasteiger partial charge in [0.05, 0.1) is 0 Å². The Hall–Kier alpha value is 0.0486. The summed E-state index contributed by atoms with van der Waals surface area (Å²) in [5.74, 6) is 0. The zero-order valence-corrected chi connectivity index (χ0v) is 33.7. The quantitative estimate of drug-likeness (QED) is 0.153. The van der Waals surface area contributed by atoms with Crippen molar-refractivity contribution < 1.29 is 53.5 Å². The minimum atomic E-state index is -3.67. The molecule has 43 heavy (non-hydrogen) atoms. The molecule has 4 nitrogen and oxygen atoms in total. The fourth-order valence-corrected chi connectivity index (χ4v) is 5.62. The van der Waals surface area contributed by atoms with E-state index in [4.69, 9.17) is 0 Å². The van der Waals surface area contributed by atoms with Gasteiger partial charge < -0.3 is 48.7 Å². The van der Waals surface area contributed by atoms with Crippen molar-refractivity contribution in [2.45, 2.75) is 159 Å². The van der Waals surface area contributed by atoms with E-state index < -0.39 is 7.54 Å². The van der Waals surface area contributed by atoms with Gasteiger partial charge in [-0.2, -0.15) is 22.8 Å². The molecule has 2 aliphatic rings. The van der Waals surface area contributed by atoms with E-state index in [1.807, 2.05) is 0 Å². The van der Waals surface area contributed by atoms with E-state index in [9.17, 15) is 12.9 Å². The molecule has 2 rings (SSSR count). The van der Waals surface area contributed by atoms with Crippen LogP contribution >= 0.6 is 0 Å². The molecular weight excluding hydrogens is 626 g/mol. The first-order valence-corrected chi connectivity index (χ1v) is 14.5. The van der Waals surface area contributed by atoms with Crippen molar-refractivity contribution in [1.29, 1.82) is 0 Å². The van der Waals surface area contributed by atoms with Crippen LogP contribution in [0.1, 0.15) is 111 Å². The van der Waals surface area contributed by atoms with Gasteiger partial charge in [0, 0.05) is 48.3 Å². The van der Waals surface area contributed by atoms with Crippen molar-refractivity contribution in [3.8, 4) is 0 Å². The molecule has 0 fully saturated rings. The van der Waals surface area contributed by atoms with Crippen LogP contribution in [0.4, 0.5) is 12.9 Å². The normalized spacial score (nSPS) is 12.5. The molecule has 0 unspecified atom stereocenters. The first-order valence-electron chi connectivity index (χ1n) is 14.5. The molecule has 2 aliphatic carbocycles. The molecule has 0 saturated heterocycles. The van der Waals surface area contributed by atoms with Crippen molar-refractivity contribution in [2.75, 3.05) is 0 Å². The van der Waals surface area contributed by atoms with E-state index in [0.29, 0.717) is 48.3 Å². The molecular formula is C31H61BBrF4LiMgN4-2. The average molecular weight is 688 g/mol. The number of nitrogens with zero attached hydrogens (tertiary/aromatic N) is 4. The number of halogens is 5. The molecule has 0 aromatic carbocycles. The minimum Gasteiger partial charge on any atom is -1.00 e. The first kappa shape index (κ1) is 55.5. The Kier molecular flexibility index (Phi) is 32.5. The van der Waals surface area contributed by atoms with Crippen molar-refractivity contribution in [2.24, 2.45) is 0 Å². The second kappa shape index (κ2) is 25.2. The van der Waals surface area contributed by atoms with Crippen LogP contribution in [0.2, 0.25) is 0 Å². The Bertz CT molecular complexity index is 632. The van der Waals surface area contributed by atoms with Gasteiger partial charge in [0.1, 0.15) is 0 Å². The number of hydrogen-bond donors (Lipinski definition) is 0. The zero-order chi connectivity index (χ0) is 30.2. The van der Waals surface area contributed by atoms with Gasteiger partial charge in [0.25, 0.3) is 0 Å². The molecule has 248 valence electrons. The molecule has 0 aromatic rings. The largest absolute Gasteiger partial charge is 2.00 e. The van der Waals surface area contributed by atoms with Crippen LogP contribution in [0.3, 0.4) is 0 Å². The molecule has 0 saturated carbocycles. The maximum absolute atomic E-state index is 9.67. The van der Waals surface area contributed by atoms with Crippen LogP contribution in [0.15, 0.2) is 22.8 Å². The fourth-order valence-electron chi connectivity index (χ4n) is 5.62. The van der Waals surface area contributed by atoms with Crippen LogP contribution in [0.5, 0.6) is 0 Å². The van der Waals surface area contributed by atoms with Gasteiger partial charge in [-0.1, -0.05) is 0 Å². The summed E-state index contributed by atoms with van der Waals surface area (Å²) >= 11 is 0. The Balaban J connectivity index is -0.000000128. The summed E-state index contributed by atoms with van der Waals surface area (Å²) in [6.07, 6.45) is 4.67. The van der Waals surface area contributed by atoms with Crippen LogP contribution in [-0.4, -0.2) is 98.5 Å². The summed E-state index contributed by atoms with van der Waals surface area (Å²) in [4.78, 5) is 10.0. The third kappa shape index (κ3) is 18.7. The molecule has 0 aromatic heterocycles. The topological polar surface area (TPSA) is 13.0 Å². The predicted octanol–water partition coefficient (Wildman–Crippen LogP) is -0.732. The summed E-state index contributed by atoms with van der Waals surface area (Å²) < 4.78 is 29.0. The molecule has 0 atom stereocenters. The van der Waals surface area contributed by atoms with Crippen molar-refractivity contribution in [3.63, 3.8) is 0 Å². The van der Waals surface area contributed by atoms with Crippen molar-refractivity contribution in [3.05, 3.63) is 43.1 Å². The molecule has 0 N–H and O–H groups in total. The van der Waals surface area contributed by atoms with Crippen molar-refractivity contribution >= 4 is 30.6 Å². The first-order chi connectivity index (χ1) is 17.3. The Morgan fingerprint density at radius 3 is 0.605 bits per heavy atom. The van der Waals surface area contributed by atoms with Gasteiger partial charge in [-0.05, 0) is 111 Å². The average Bonchev–Trinajstić information content (AvgIpc) is 3.59. The molecule has 0 spiro atoms. The summed E-state index contributed by atoms with van der Waals surface area (Å²) in [5.41, 5.74) is 5.77. The molecule has 0 aliphatic heterocycles. The molecule has 0 amide bonds. The van der Waals surface area contributed by atoms with E-state index in [1.54, 1.807) is 0 Å². The second-order valence-corrected chi connectivity index (χ2v) is 12.5. The fraction of sp³-hybridized carbons (Fsp3) is 0.774. The maximum Gasteiger partial charge on any atom is 2.00 e. The summed E-state index contributed by atoms with van der Waals surface area (Å²) in [5, 5.41) is 0. The van der Waals surface area contributed by atoms with Gasteiger partial charge in [0.15, 0.2) is 0 Å². The van der Waals surface area contributed by atoms with Gasteiger partial charge in [-0.3, -0.25) is 12.9 Å². The van der Waals surface area contributed by atoms with E-state index in [-0.39, 0.29) is 71.0 Å². The predicted molar refractivity (Wildman–Crippen MR) is 172 cm³/mol. The molecule has 12 heteroatoms. The minimum absolute atomic E-state index is 0. The van der Waals surface area contributed by atoms with Crippen LogP contribution in [-0.2, 0) is 0 Å². The van der Waals surface area contributed by atoms with Crippen LogP contribution in [0, 0.1) is 20.3 Å². The van der Waals surface area contributed by atoms with E-state index >= 15 is 0 Å². The summed E-state index contributed by atoms with van der Waals surface area (Å²) in [6, 6.07) is 4.55. The Morgan fingerprint density at radius 2 is 0.535 bits per heavy atom. The van der Waals surface area contributed by atoms with Gasteiger partial charge >= 0.3 is 49.5 Å². The number of allylic oxidation sites excluding steroid dienone is 4. The van der Waals surface area contributed by atoms with Gasteiger partial charge in [-0.15, -0.1) is 0 Å². The number of hydrogen-bond acceptors (Lipinski definition) is 4. The molecule has 0 heterocycles. The standard InChI is InChI=1S/2C15H29N2.CH3.BF3.BrH.FH.Li.Mg/c2*1-10(2)16(11(3)4)14-9-15(14)17(12(5)6)13(7)8;;2-1(3)4;;;;/h2*9-13H,1-8H3;1H3;;2*1H;;/q3*-1;;;;+1;+2/p-2. The van der Waals surface area contributed by atoms with Gasteiger partial charge in [0.2, 0.25) is 0 Å². The number of rotatable bonds is 12. The van der Waals surface area contributed by atoms with Gasteiger partial charge in [-0.25, -0.2) is 12.8 Å². The zero-order valence-electron chi connectivity index (χ0n) is 30.7. The van der Waals surface area contributed by atoms with Crippen LogP contribution < -0.4 is 40.5 Å². The van der Waals surface area contributed by atoms with E-state index in [0.717, 1.165) is 0 Å². The molecule has 0 bridgehead atoms. The monoisotopic (exact) mass is 686 g/mol. The Labute approximate surface area is 304 Å². The molecule has 0 radical (unpaired) electrons. The Morgan fingerprint density at radius 1 is 0.442 bits per heavy atom. The second-order valence-electron chi connectivity index (χ2n) is 12.5. The maximum atomic E-state index is 9.67. The third-order valence-electron chi connectivity index (χ3n) is 6.47. The summed E-state index contributed by atoms with van der Waals surface area (Å²) in [7, 11) is -3.67. The smallest absolute Gasteiger partial charge is 1.00 e. The van der Waals surface area contributed by atoms with E-state index in [2.05, 4.69) is 143 Å². The summed E-state index contributed by atoms with van der Waals surface area (Å²) in [6.45, 7) is 36.3. The SMILES string of the molecule is CC(C)N(C1=C(N(C(C)C)C(C)C)[CH-]1)C(C)C.CC(C)N(C1=C(N(C(C)C)C(C)C)[CH-]1)C(C)C.FB(F)F.[Br-].[CH3-].[F-].[Li+].[Mg+2].